The number of carbonyl (C=O) groups is 2. The van der Waals surface area contributed by atoms with Crippen molar-refractivity contribution in [2.45, 2.75) is 6.92 Å². The van der Waals surface area contributed by atoms with Gasteiger partial charge in [-0.15, -0.1) is 0 Å². The van der Waals surface area contributed by atoms with E-state index >= 15 is 0 Å². The van der Waals surface area contributed by atoms with Crippen molar-refractivity contribution in [1.29, 1.82) is 5.26 Å². The SMILES string of the molecule is CC(=O)c1cc(C=O)c(O)cc1C#N. The fourth-order valence-electron chi connectivity index (χ4n) is 1.08. The van der Waals surface area contributed by atoms with Crippen LogP contribution in [0.3, 0.4) is 0 Å². The van der Waals surface area contributed by atoms with E-state index in [1.807, 2.05) is 0 Å². The van der Waals surface area contributed by atoms with Gasteiger partial charge in [-0.2, -0.15) is 5.26 Å². The second-order valence-corrected chi connectivity index (χ2v) is 2.74. The van der Waals surface area contributed by atoms with Crippen molar-refractivity contribution in [2.75, 3.05) is 0 Å². The van der Waals surface area contributed by atoms with Gasteiger partial charge < -0.3 is 5.11 Å². The highest BCUT2D eigenvalue weighted by Gasteiger charge is 2.11. The fraction of sp³-hybridized carbons (Fsp3) is 0.100. The van der Waals surface area contributed by atoms with E-state index in [9.17, 15) is 14.7 Å². The molecule has 0 unspecified atom stereocenters. The summed E-state index contributed by atoms with van der Waals surface area (Å²) >= 11 is 0. The number of benzene rings is 1. The average Bonchev–Trinajstić information content (AvgIpc) is 2.16. The number of hydrogen-bond acceptors (Lipinski definition) is 4. The van der Waals surface area contributed by atoms with Crippen LogP contribution >= 0.6 is 0 Å². The minimum atomic E-state index is -0.315. The molecule has 4 nitrogen and oxygen atoms in total. The van der Waals surface area contributed by atoms with Crippen LogP contribution in [0.15, 0.2) is 12.1 Å². The second-order valence-electron chi connectivity index (χ2n) is 2.74. The number of phenolic OH excluding ortho intramolecular Hbond substituents is 1. The van der Waals surface area contributed by atoms with Gasteiger partial charge in [0.2, 0.25) is 0 Å². The van der Waals surface area contributed by atoms with E-state index in [1.54, 1.807) is 6.07 Å². The third-order valence-electron chi connectivity index (χ3n) is 1.79. The monoisotopic (exact) mass is 189 g/mol. The Morgan fingerprint density at radius 2 is 2.21 bits per heavy atom. The summed E-state index contributed by atoms with van der Waals surface area (Å²) in [7, 11) is 0. The number of carbonyl (C=O) groups excluding carboxylic acids is 2. The van der Waals surface area contributed by atoms with Gasteiger partial charge in [-0.05, 0) is 19.1 Å². The Morgan fingerprint density at radius 3 is 2.64 bits per heavy atom. The van der Waals surface area contributed by atoms with Crippen molar-refractivity contribution >= 4 is 12.1 Å². The van der Waals surface area contributed by atoms with E-state index in [4.69, 9.17) is 5.26 Å². The summed E-state index contributed by atoms with van der Waals surface area (Å²) in [6, 6.07) is 4.10. The molecule has 0 atom stereocenters. The van der Waals surface area contributed by atoms with Crippen LogP contribution < -0.4 is 0 Å². The summed E-state index contributed by atoms with van der Waals surface area (Å²) in [5.41, 5.74) is 0.224. The lowest BCUT2D eigenvalue weighted by molar-refractivity contribution is 0.101. The molecule has 1 aromatic carbocycles. The summed E-state index contributed by atoms with van der Waals surface area (Å²) in [4.78, 5) is 21.5. The molecule has 0 bridgehead atoms. The van der Waals surface area contributed by atoms with Crippen LogP contribution in [0.2, 0.25) is 0 Å². The maximum Gasteiger partial charge on any atom is 0.161 e. The lowest BCUT2D eigenvalue weighted by atomic mass is 10.0. The molecule has 1 rings (SSSR count). The zero-order valence-electron chi connectivity index (χ0n) is 7.44. The first kappa shape index (κ1) is 9.93. The summed E-state index contributed by atoms with van der Waals surface area (Å²) in [6.07, 6.45) is 0.433. The summed E-state index contributed by atoms with van der Waals surface area (Å²) in [5, 5.41) is 17.9. The molecule has 14 heavy (non-hydrogen) atoms. The second kappa shape index (κ2) is 3.71. The van der Waals surface area contributed by atoms with E-state index in [0.29, 0.717) is 6.29 Å². The van der Waals surface area contributed by atoms with E-state index < -0.39 is 0 Å². The first-order valence-electron chi connectivity index (χ1n) is 3.83. The molecule has 0 aliphatic carbocycles. The number of ketones is 1. The van der Waals surface area contributed by atoms with E-state index in [1.165, 1.54) is 13.0 Å². The zero-order chi connectivity index (χ0) is 10.7. The van der Waals surface area contributed by atoms with Gasteiger partial charge in [-0.1, -0.05) is 0 Å². The molecule has 4 heteroatoms. The Balaban J connectivity index is 3.49. The zero-order valence-corrected chi connectivity index (χ0v) is 7.44. The molecular formula is C10H7NO3. The number of phenols is 1. The summed E-state index contributed by atoms with van der Waals surface area (Å²) < 4.78 is 0. The molecule has 1 N–H and O–H groups in total. The number of nitrogens with zero attached hydrogens (tertiary/aromatic N) is 1. The lowest BCUT2D eigenvalue weighted by Crippen LogP contribution is -1.98. The highest BCUT2D eigenvalue weighted by atomic mass is 16.3. The number of Topliss-reactive ketones (excluding diaryl/α,β-unsaturated/α-hetero) is 1. The largest absolute Gasteiger partial charge is 0.507 e. The van der Waals surface area contributed by atoms with Gasteiger partial charge in [-0.3, -0.25) is 9.59 Å². The molecule has 0 spiro atoms. The first-order valence-corrected chi connectivity index (χ1v) is 3.83. The van der Waals surface area contributed by atoms with Gasteiger partial charge in [0.1, 0.15) is 11.8 Å². The van der Waals surface area contributed by atoms with E-state index in [0.717, 1.165) is 6.07 Å². The number of nitriles is 1. The van der Waals surface area contributed by atoms with Crippen LogP contribution in [-0.4, -0.2) is 17.2 Å². The molecule has 70 valence electrons. The van der Waals surface area contributed by atoms with Crippen molar-refractivity contribution in [3.8, 4) is 11.8 Å². The van der Waals surface area contributed by atoms with Crippen molar-refractivity contribution in [1.82, 2.24) is 0 Å². The van der Waals surface area contributed by atoms with Crippen molar-refractivity contribution < 1.29 is 14.7 Å². The third kappa shape index (κ3) is 1.62. The third-order valence-corrected chi connectivity index (χ3v) is 1.79. The van der Waals surface area contributed by atoms with Gasteiger partial charge >= 0.3 is 0 Å². The van der Waals surface area contributed by atoms with Crippen LogP contribution in [0.5, 0.6) is 5.75 Å². The van der Waals surface area contributed by atoms with Crippen molar-refractivity contribution in [3.63, 3.8) is 0 Å². The summed E-state index contributed by atoms with van der Waals surface area (Å²) in [6.45, 7) is 1.29. The Bertz CT molecular complexity index is 443. The smallest absolute Gasteiger partial charge is 0.161 e. The molecule has 0 aliphatic heterocycles. The normalized spacial score (nSPS) is 9.14. The predicted molar refractivity (Wildman–Crippen MR) is 48.2 cm³/mol. The van der Waals surface area contributed by atoms with Gasteiger partial charge in [0, 0.05) is 5.56 Å². The van der Waals surface area contributed by atoms with Crippen LogP contribution in [-0.2, 0) is 0 Å². The highest BCUT2D eigenvalue weighted by molar-refractivity contribution is 5.98. The molecular weight excluding hydrogens is 182 g/mol. The Hall–Kier alpha value is -2.15. The topological polar surface area (TPSA) is 78.2 Å². The van der Waals surface area contributed by atoms with Gasteiger partial charge in [0.05, 0.1) is 11.1 Å². The molecule has 0 aliphatic rings. The van der Waals surface area contributed by atoms with Crippen molar-refractivity contribution in [3.05, 3.63) is 28.8 Å². The van der Waals surface area contributed by atoms with Crippen LogP contribution in [0.25, 0.3) is 0 Å². The van der Waals surface area contributed by atoms with Gasteiger partial charge in [0.25, 0.3) is 0 Å². The maximum atomic E-state index is 11.1. The Labute approximate surface area is 80.4 Å². The van der Waals surface area contributed by atoms with Crippen molar-refractivity contribution in [2.24, 2.45) is 0 Å². The molecule has 0 radical (unpaired) electrons. The highest BCUT2D eigenvalue weighted by Crippen LogP contribution is 2.21. The van der Waals surface area contributed by atoms with E-state index in [-0.39, 0.29) is 28.2 Å². The molecule has 0 saturated heterocycles. The summed E-state index contributed by atoms with van der Waals surface area (Å²) in [5.74, 6) is -0.605. The Kier molecular flexibility index (Phi) is 2.63. The molecule has 1 aromatic rings. The first-order chi connectivity index (χ1) is 6.60. The quantitative estimate of drug-likeness (QED) is 0.561. The number of rotatable bonds is 2. The van der Waals surface area contributed by atoms with Gasteiger partial charge in [-0.25, -0.2) is 0 Å². The van der Waals surface area contributed by atoms with E-state index in [2.05, 4.69) is 0 Å². The number of aromatic hydroxyl groups is 1. The molecule has 0 fully saturated rings. The molecule has 0 heterocycles. The molecule has 0 amide bonds. The molecule has 0 aromatic heterocycles. The average molecular weight is 189 g/mol. The van der Waals surface area contributed by atoms with Gasteiger partial charge in [0.15, 0.2) is 12.1 Å². The number of aldehydes is 1. The fourth-order valence-corrected chi connectivity index (χ4v) is 1.08. The van der Waals surface area contributed by atoms with Crippen LogP contribution in [0, 0.1) is 11.3 Å². The van der Waals surface area contributed by atoms with Crippen LogP contribution in [0.1, 0.15) is 33.2 Å². The minimum Gasteiger partial charge on any atom is -0.507 e. The van der Waals surface area contributed by atoms with Crippen LogP contribution in [0.4, 0.5) is 0 Å². The Morgan fingerprint density at radius 1 is 1.57 bits per heavy atom. The predicted octanol–water partition coefficient (Wildman–Crippen LogP) is 1.28. The standard InChI is InChI=1S/C10H7NO3/c1-6(13)9-2-8(5-12)10(14)3-7(9)4-11/h2-3,5,14H,1H3. The number of hydrogen-bond donors (Lipinski definition) is 1. The lowest BCUT2D eigenvalue weighted by Gasteiger charge is -2.02. The maximum absolute atomic E-state index is 11.1. The minimum absolute atomic E-state index is 0.00852. The molecule has 0 saturated carbocycles.